The molecule has 0 saturated heterocycles. The van der Waals surface area contributed by atoms with E-state index in [2.05, 4.69) is 40.1 Å². The van der Waals surface area contributed by atoms with Crippen LogP contribution >= 0.6 is 0 Å². The number of hydrogen-bond acceptors (Lipinski definition) is 1. The van der Waals surface area contributed by atoms with Crippen LogP contribution in [0.25, 0.3) is 0 Å². The Morgan fingerprint density at radius 1 is 1.42 bits per heavy atom. The van der Waals surface area contributed by atoms with Gasteiger partial charge in [0.05, 0.1) is 0 Å². The third-order valence-electron chi connectivity index (χ3n) is 3.91. The molecule has 0 radical (unpaired) electrons. The average Bonchev–Trinajstić information content (AvgIpc) is 2.63. The number of hydrogen-bond donors (Lipinski definition) is 1. The van der Waals surface area contributed by atoms with E-state index in [-0.39, 0.29) is 0 Å². The predicted molar refractivity (Wildman–Crippen MR) is 54.2 cm³/mol. The van der Waals surface area contributed by atoms with Crippen molar-refractivity contribution in [2.75, 3.05) is 7.05 Å². The Hall–Kier alpha value is -0.0400. The Kier molecular flexibility index (Phi) is 2.82. The van der Waals surface area contributed by atoms with Gasteiger partial charge in [-0.15, -0.1) is 0 Å². The molecule has 0 bridgehead atoms. The van der Waals surface area contributed by atoms with Crippen LogP contribution in [-0.4, -0.2) is 13.1 Å². The Bertz CT molecular complexity index is 153. The van der Waals surface area contributed by atoms with Gasteiger partial charge >= 0.3 is 0 Å². The molecule has 0 heterocycles. The standard InChI is InChI=1S/C11H23N/c1-8(2)11(4)7-10(11)6-9(3)12-5/h8-10,12H,6-7H2,1-5H3/t9-,10?,11-/m0/s1. The molecule has 12 heavy (non-hydrogen) atoms. The lowest BCUT2D eigenvalue weighted by atomic mass is 9.90. The Labute approximate surface area is 76.9 Å². The summed E-state index contributed by atoms with van der Waals surface area (Å²) in [5, 5.41) is 3.31. The van der Waals surface area contributed by atoms with Crippen LogP contribution < -0.4 is 5.32 Å². The molecule has 0 spiro atoms. The smallest absolute Gasteiger partial charge is 0.00385 e. The minimum absolute atomic E-state index is 0.658. The highest BCUT2D eigenvalue weighted by molar-refractivity contribution is 5.01. The first-order valence-electron chi connectivity index (χ1n) is 5.18. The molecule has 0 aliphatic heterocycles. The first-order valence-corrected chi connectivity index (χ1v) is 5.18. The summed E-state index contributed by atoms with van der Waals surface area (Å²) in [6.45, 7) is 9.41. The maximum absolute atomic E-state index is 3.31. The summed E-state index contributed by atoms with van der Waals surface area (Å²) in [6.07, 6.45) is 2.79. The minimum atomic E-state index is 0.658. The van der Waals surface area contributed by atoms with Crippen molar-refractivity contribution in [1.82, 2.24) is 5.32 Å². The van der Waals surface area contributed by atoms with Crippen molar-refractivity contribution < 1.29 is 0 Å². The molecule has 1 aliphatic rings. The number of nitrogens with one attached hydrogen (secondary N) is 1. The van der Waals surface area contributed by atoms with Gasteiger partial charge in [-0.2, -0.15) is 0 Å². The summed E-state index contributed by atoms with van der Waals surface area (Å²) in [4.78, 5) is 0. The van der Waals surface area contributed by atoms with E-state index in [1.165, 1.54) is 12.8 Å². The van der Waals surface area contributed by atoms with Crippen molar-refractivity contribution >= 4 is 0 Å². The summed E-state index contributed by atoms with van der Waals surface area (Å²) >= 11 is 0. The van der Waals surface area contributed by atoms with Crippen LogP contribution in [0.4, 0.5) is 0 Å². The molecule has 1 nitrogen and oxygen atoms in total. The molecule has 0 amide bonds. The van der Waals surface area contributed by atoms with E-state index in [1.807, 2.05) is 0 Å². The molecule has 1 aliphatic carbocycles. The maximum Gasteiger partial charge on any atom is 0.00385 e. The SMILES string of the molecule is CN[C@@H](C)CC1C[C@@]1(C)C(C)C. The molecule has 0 aromatic heterocycles. The third-order valence-corrected chi connectivity index (χ3v) is 3.91. The quantitative estimate of drug-likeness (QED) is 0.682. The maximum atomic E-state index is 3.31. The second-order valence-corrected chi connectivity index (χ2v) is 4.99. The lowest BCUT2D eigenvalue weighted by molar-refractivity contribution is 0.337. The lowest BCUT2D eigenvalue weighted by Gasteiger charge is -2.17. The summed E-state index contributed by atoms with van der Waals surface area (Å²) in [7, 11) is 2.06. The fraction of sp³-hybridized carbons (Fsp3) is 1.00. The Morgan fingerprint density at radius 2 is 2.00 bits per heavy atom. The van der Waals surface area contributed by atoms with E-state index >= 15 is 0 Å². The van der Waals surface area contributed by atoms with E-state index in [4.69, 9.17) is 0 Å². The predicted octanol–water partition coefficient (Wildman–Crippen LogP) is 2.67. The topological polar surface area (TPSA) is 12.0 Å². The fourth-order valence-corrected chi connectivity index (χ4v) is 2.08. The van der Waals surface area contributed by atoms with Gasteiger partial charge in [0, 0.05) is 6.04 Å². The van der Waals surface area contributed by atoms with E-state index in [0.29, 0.717) is 11.5 Å². The normalized spacial score (nSPS) is 37.0. The van der Waals surface area contributed by atoms with Crippen LogP contribution in [0.5, 0.6) is 0 Å². The fourth-order valence-electron chi connectivity index (χ4n) is 2.08. The van der Waals surface area contributed by atoms with Crippen molar-refractivity contribution in [1.29, 1.82) is 0 Å². The van der Waals surface area contributed by atoms with E-state index in [1.54, 1.807) is 0 Å². The van der Waals surface area contributed by atoms with Gasteiger partial charge in [-0.1, -0.05) is 20.8 Å². The Balaban J connectivity index is 2.32. The van der Waals surface area contributed by atoms with Gasteiger partial charge in [-0.25, -0.2) is 0 Å². The molecule has 1 saturated carbocycles. The summed E-state index contributed by atoms with van der Waals surface area (Å²) < 4.78 is 0. The van der Waals surface area contributed by atoms with Crippen LogP contribution in [0, 0.1) is 17.3 Å². The van der Waals surface area contributed by atoms with Crippen molar-refractivity contribution in [3.63, 3.8) is 0 Å². The first-order chi connectivity index (χ1) is 5.50. The molecule has 1 heteroatoms. The average molecular weight is 169 g/mol. The molecule has 72 valence electrons. The van der Waals surface area contributed by atoms with Crippen molar-refractivity contribution in [3.05, 3.63) is 0 Å². The van der Waals surface area contributed by atoms with Crippen LogP contribution in [0.3, 0.4) is 0 Å². The van der Waals surface area contributed by atoms with Crippen LogP contribution in [0.2, 0.25) is 0 Å². The van der Waals surface area contributed by atoms with E-state index < -0.39 is 0 Å². The summed E-state index contributed by atoms with van der Waals surface area (Å²) in [5.74, 6) is 1.83. The molecule has 1 rings (SSSR count). The zero-order valence-corrected chi connectivity index (χ0v) is 9.15. The molecule has 1 N–H and O–H groups in total. The van der Waals surface area contributed by atoms with Crippen molar-refractivity contribution in [2.24, 2.45) is 17.3 Å². The summed E-state index contributed by atoms with van der Waals surface area (Å²) in [5.41, 5.74) is 0.658. The lowest BCUT2D eigenvalue weighted by Crippen LogP contribution is -2.23. The highest BCUT2D eigenvalue weighted by Crippen LogP contribution is 2.59. The van der Waals surface area contributed by atoms with Gasteiger partial charge in [-0.05, 0) is 44.1 Å². The van der Waals surface area contributed by atoms with Crippen LogP contribution in [0.15, 0.2) is 0 Å². The van der Waals surface area contributed by atoms with Crippen LogP contribution in [-0.2, 0) is 0 Å². The van der Waals surface area contributed by atoms with Gasteiger partial charge in [0.25, 0.3) is 0 Å². The monoisotopic (exact) mass is 169 g/mol. The van der Waals surface area contributed by atoms with Gasteiger partial charge < -0.3 is 5.32 Å². The molecule has 0 aromatic rings. The highest BCUT2D eigenvalue weighted by atomic mass is 14.9. The zero-order valence-electron chi connectivity index (χ0n) is 9.15. The van der Waals surface area contributed by atoms with Crippen molar-refractivity contribution in [2.45, 2.75) is 46.6 Å². The molecular weight excluding hydrogens is 146 g/mol. The molecular formula is C11H23N. The van der Waals surface area contributed by atoms with E-state index in [9.17, 15) is 0 Å². The first kappa shape index (κ1) is 10.0. The minimum Gasteiger partial charge on any atom is -0.317 e. The highest BCUT2D eigenvalue weighted by Gasteiger charge is 2.51. The number of rotatable bonds is 4. The second kappa shape index (κ2) is 3.37. The molecule has 3 atom stereocenters. The van der Waals surface area contributed by atoms with Gasteiger partial charge in [0.2, 0.25) is 0 Å². The second-order valence-electron chi connectivity index (χ2n) is 4.99. The third kappa shape index (κ3) is 1.82. The largest absolute Gasteiger partial charge is 0.317 e. The van der Waals surface area contributed by atoms with E-state index in [0.717, 1.165) is 11.8 Å². The van der Waals surface area contributed by atoms with Gasteiger partial charge in [0.1, 0.15) is 0 Å². The van der Waals surface area contributed by atoms with Crippen molar-refractivity contribution in [3.8, 4) is 0 Å². The summed E-state index contributed by atoms with van der Waals surface area (Å²) in [6, 6.07) is 0.690. The Morgan fingerprint density at radius 3 is 2.33 bits per heavy atom. The zero-order chi connectivity index (χ0) is 9.35. The molecule has 0 aromatic carbocycles. The van der Waals surface area contributed by atoms with Gasteiger partial charge in [-0.3, -0.25) is 0 Å². The molecule has 1 unspecified atom stereocenters. The van der Waals surface area contributed by atoms with Gasteiger partial charge in [0.15, 0.2) is 0 Å². The molecule has 1 fully saturated rings. The van der Waals surface area contributed by atoms with Crippen LogP contribution in [0.1, 0.15) is 40.5 Å².